The molecule has 6 N–H and O–H groups in total. The lowest BCUT2D eigenvalue weighted by molar-refractivity contribution is -0.137. The van der Waals surface area contributed by atoms with Crippen molar-refractivity contribution in [3.63, 3.8) is 0 Å². The first kappa shape index (κ1) is 46.6. The zero-order chi connectivity index (χ0) is 47.8. The van der Waals surface area contributed by atoms with Crippen LogP contribution in [0, 0.1) is 20.8 Å². The second-order valence-electron chi connectivity index (χ2n) is 15.4. The van der Waals surface area contributed by atoms with Gasteiger partial charge in [0.05, 0.1) is 10.5 Å². The molecule has 6 aromatic carbocycles. The van der Waals surface area contributed by atoms with Gasteiger partial charge >= 0.3 is 24.1 Å². The Morgan fingerprint density at radius 1 is 0.500 bits per heavy atom. The largest absolute Gasteiger partial charge is 0.477 e. The molecule has 3 heterocycles. The van der Waals surface area contributed by atoms with Crippen molar-refractivity contribution >= 4 is 76.4 Å². The van der Waals surface area contributed by atoms with Gasteiger partial charge in [-0.25, -0.2) is 22.8 Å². The number of fused-ring (bicyclic) bond motifs is 3. The molecule has 9 rings (SSSR count). The minimum Gasteiger partial charge on any atom is -0.477 e. The molecule has 0 fully saturated rings. The number of aromatic carboxylic acids is 3. The Labute approximate surface area is 383 Å². The fourth-order valence-electron chi connectivity index (χ4n) is 7.78. The normalized spacial score (nSPS) is 11.5. The number of hydrogen-bond donors (Lipinski definition) is 6. The summed E-state index contributed by atoms with van der Waals surface area (Å²) in [6, 6.07) is 35.2. The van der Waals surface area contributed by atoms with Gasteiger partial charge in [0.2, 0.25) is 0 Å². The van der Waals surface area contributed by atoms with Gasteiger partial charge in [-0.15, -0.1) is 0 Å². The molecule has 3 aromatic heterocycles. The van der Waals surface area contributed by atoms with Crippen LogP contribution >= 0.6 is 15.9 Å². The van der Waals surface area contributed by atoms with Crippen LogP contribution in [0.5, 0.6) is 0 Å². The highest BCUT2D eigenvalue weighted by atomic mass is 79.9. The van der Waals surface area contributed by atoms with Crippen LogP contribution in [-0.4, -0.2) is 62.9 Å². The third-order valence-electron chi connectivity index (χ3n) is 11.0. The quantitative estimate of drug-likeness (QED) is 0.0908. The smallest absolute Gasteiger partial charge is 0.416 e. The summed E-state index contributed by atoms with van der Waals surface area (Å²) in [7, 11) is -3.29. The number of hydrogen-bond acceptors (Lipinski definition) is 5. The molecule has 0 atom stereocenters. The third kappa shape index (κ3) is 9.37. The lowest BCUT2D eigenvalue weighted by atomic mass is 9.99. The summed E-state index contributed by atoms with van der Waals surface area (Å²) in [6.45, 7) is 5.71. The van der Waals surface area contributed by atoms with Gasteiger partial charge in [0.15, 0.2) is 9.84 Å². The highest BCUT2D eigenvalue weighted by Gasteiger charge is 2.30. The van der Waals surface area contributed by atoms with Crippen molar-refractivity contribution in [1.29, 1.82) is 0 Å². The number of carbonyl (C=O) groups is 3. The van der Waals surface area contributed by atoms with Crippen molar-refractivity contribution in [3.05, 3.63) is 171 Å². The summed E-state index contributed by atoms with van der Waals surface area (Å²) in [4.78, 5) is 43.6. The summed E-state index contributed by atoms with van der Waals surface area (Å²) in [6.07, 6.45) is -3.29. The van der Waals surface area contributed by atoms with Crippen LogP contribution in [0.2, 0.25) is 0 Å². The zero-order valence-corrected chi connectivity index (χ0v) is 37.8. The van der Waals surface area contributed by atoms with E-state index in [9.17, 15) is 51.3 Å². The molecule has 66 heavy (non-hydrogen) atoms. The Hall–Kier alpha value is -7.43. The molecule has 336 valence electrons. The fourth-order valence-corrected chi connectivity index (χ4v) is 8.68. The first-order valence-electron chi connectivity index (χ1n) is 19.9. The summed E-state index contributed by atoms with van der Waals surface area (Å²) in [5, 5.41) is 30.7. The molecule has 0 aliphatic carbocycles. The molecule has 0 radical (unpaired) electrons. The van der Waals surface area contributed by atoms with Crippen molar-refractivity contribution < 1.29 is 51.3 Å². The molecular weight excluding hydrogens is 940 g/mol. The Morgan fingerprint density at radius 2 is 0.803 bits per heavy atom. The number of H-pyrrole nitrogens is 3. The lowest BCUT2D eigenvalue weighted by Gasteiger charge is -2.08. The van der Waals surface area contributed by atoms with E-state index < -0.39 is 39.5 Å². The number of aromatic amines is 3. The summed E-state index contributed by atoms with van der Waals surface area (Å²) < 4.78 is 62.1. The average Bonchev–Trinajstić information content (AvgIpc) is 3.99. The highest BCUT2D eigenvalue weighted by molar-refractivity contribution is 9.10. The Bertz CT molecular complexity index is 3450. The third-order valence-corrected chi connectivity index (χ3v) is 12.6. The molecule has 11 nitrogen and oxygen atoms in total. The molecule has 0 aliphatic rings. The SMILES string of the molecule is Cc1cccc2c(-c3ccc(Br)cc3)c(C(=O)O)[nH]c12.Cc1cccc2c(-c3ccc(C(F)(F)F)cc3)c(C(=O)O)[nH]c12.Cc1cccc2c(-c3ccc(S(C)(=O)=O)cc3)c(C(=O)O)[nH]c12. The topological polar surface area (TPSA) is 193 Å². The van der Waals surface area contributed by atoms with Crippen molar-refractivity contribution in [1.82, 2.24) is 15.0 Å². The van der Waals surface area contributed by atoms with Gasteiger partial charge in [0.25, 0.3) is 0 Å². The van der Waals surface area contributed by atoms with Gasteiger partial charge in [0.1, 0.15) is 17.1 Å². The van der Waals surface area contributed by atoms with Crippen molar-refractivity contribution in [2.45, 2.75) is 31.8 Å². The molecule has 0 saturated carbocycles. The van der Waals surface area contributed by atoms with Gasteiger partial charge in [-0.1, -0.05) is 107 Å². The molecular formula is C50H39BrF3N3O8S. The fraction of sp³-hybridized carbons (Fsp3) is 0.100. The number of alkyl halides is 3. The highest BCUT2D eigenvalue weighted by Crippen LogP contribution is 2.38. The van der Waals surface area contributed by atoms with E-state index >= 15 is 0 Å². The van der Waals surface area contributed by atoms with Crippen LogP contribution in [0.15, 0.2) is 137 Å². The summed E-state index contributed by atoms with van der Waals surface area (Å²) >= 11 is 3.39. The van der Waals surface area contributed by atoms with E-state index in [1.165, 1.54) is 24.3 Å². The van der Waals surface area contributed by atoms with E-state index in [1.807, 2.05) is 87.5 Å². The van der Waals surface area contributed by atoms with E-state index in [-0.39, 0.29) is 22.0 Å². The van der Waals surface area contributed by atoms with Crippen LogP contribution in [0.3, 0.4) is 0 Å². The van der Waals surface area contributed by atoms with Crippen LogP contribution < -0.4 is 0 Å². The first-order valence-corrected chi connectivity index (χ1v) is 22.6. The lowest BCUT2D eigenvalue weighted by Crippen LogP contribution is -2.04. The van der Waals surface area contributed by atoms with Crippen LogP contribution in [0.4, 0.5) is 13.2 Å². The van der Waals surface area contributed by atoms with E-state index in [2.05, 4.69) is 30.9 Å². The standard InChI is InChI=1S/C17H12F3NO2.C17H15NO4S.C16H12BrNO2/c1-9-3-2-4-12-13(15(16(22)23)21-14(9)12)10-5-7-11(8-6-10)17(18,19)20;1-10-4-3-5-13-14(16(17(19)20)18-15(10)13)11-6-8-12(9-7-11)23(2,21)22;1-9-3-2-4-12-13(10-5-7-11(17)8-6-10)15(16(19)20)18-14(9)12/h2-8,21H,1H3,(H,22,23);3-9,18H,1-2H3,(H,19,20);2-8,18H,1H3,(H,19,20). The Kier molecular flexibility index (Phi) is 12.8. The number of nitrogens with one attached hydrogen (secondary N) is 3. The van der Waals surface area contributed by atoms with Gasteiger partial charge in [0, 0.05) is 60.1 Å². The number of aryl methyl sites for hydroxylation is 3. The number of carboxylic acid groups (broad SMARTS) is 3. The predicted molar refractivity (Wildman–Crippen MR) is 252 cm³/mol. The molecule has 0 saturated heterocycles. The predicted octanol–water partition coefficient (Wildman–Crippen LogP) is 12.7. The molecule has 0 bridgehead atoms. The van der Waals surface area contributed by atoms with Gasteiger partial charge in [-0.3, -0.25) is 0 Å². The monoisotopic (exact) mass is 977 g/mol. The summed E-state index contributed by atoms with van der Waals surface area (Å²) in [5.41, 5.74) is 8.36. The molecule has 0 unspecified atom stereocenters. The summed E-state index contributed by atoms with van der Waals surface area (Å²) in [5.74, 6) is -3.16. The first-order chi connectivity index (χ1) is 31.1. The number of para-hydroxylation sites is 3. The van der Waals surface area contributed by atoms with Gasteiger partial charge in [-0.05, 0) is 90.6 Å². The maximum Gasteiger partial charge on any atom is 0.416 e. The second-order valence-corrected chi connectivity index (χ2v) is 18.3. The minimum absolute atomic E-state index is 0.0333. The molecule has 16 heteroatoms. The number of sulfone groups is 1. The van der Waals surface area contributed by atoms with Gasteiger partial charge < -0.3 is 30.3 Å². The molecule has 0 aliphatic heterocycles. The van der Waals surface area contributed by atoms with Crippen LogP contribution in [-0.2, 0) is 16.0 Å². The molecule has 0 spiro atoms. The Morgan fingerprint density at radius 3 is 1.09 bits per heavy atom. The van der Waals surface area contributed by atoms with E-state index in [1.54, 1.807) is 24.3 Å². The zero-order valence-electron chi connectivity index (χ0n) is 35.4. The second kappa shape index (κ2) is 18.2. The number of carboxylic acids is 3. The molecule has 9 aromatic rings. The maximum atomic E-state index is 12.7. The minimum atomic E-state index is -4.43. The number of benzene rings is 6. The van der Waals surface area contributed by atoms with Crippen LogP contribution in [0.1, 0.15) is 53.7 Å². The maximum absolute atomic E-state index is 12.7. The molecule has 0 amide bonds. The number of rotatable bonds is 7. The van der Waals surface area contributed by atoms with E-state index in [4.69, 9.17) is 0 Å². The van der Waals surface area contributed by atoms with Crippen molar-refractivity contribution in [3.8, 4) is 33.4 Å². The number of halogens is 4. The van der Waals surface area contributed by atoms with Crippen LogP contribution in [0.25, 0.3) is 66.1 Å². The Balaban J connectivity index is 0.000000148. The van der Waals surface area contributed by atoms with Crippen molar-refractivity contribution in [2.75, 3.05) is 6.26 Å². The van der Waals surface area contributed by atoms with Crippen molar-refractivity contribution in [2.24, 2.45) is 0 Å². The number of aromatic nitrogens is 3. The van der Waals surface area contributed by atoms with Gasteiger partial charge in [-0.2, -0.15) is 13.2 Å². The average molecular weight is 979 g/mol. The van der Waals surface area contributed by atoms with E-state index in [0.29, 0.717) is 33.2 Å². The van der Waals surface area contributed by atoms with E-state index in [0.717, 1.165) is 72.5 Å².